The summed E-state index contributed by atoms with van der Waals surface area (Å²) in [6.07, 6.45) is 5.28. The van der Waals surface area contributed by atoms with Crippen molar-refractivity contribution in [3.8, 4) is 11.8 Å². The Hall–Kier alpha value is -0.190. The Kier molecular flexibility index (Phi) is 3.91. The fourth-order valence-corrected chi connectivity index (χ4v) is 1.45. The fraction of sp³-hybridized carbons (Fsp3) is 0.800. The second kappa shape index (κ2) is 4.74. The average Bonchev–Trinajstić information content (AvgIpc) is 2.66. The zero-order chi connectivity index (χ0) is 7.52. The lowest BCUT2D eigenvalue weighted by Crippen LogP contribution is -2.07. The highest BCUT2D eigenvalue weighted by molar-refractivity contribution is 5.85. The lowest BCUT2D eigenvalue weighted by Gasteiger charge is -1.93. The van der Waals surface area contributed by atoms with Crippen LogP contribution in [0.25, 0.3) is 0 Å². The molecule has 0 radical (unpaired) electrons. The molecular weight excluding hydrogens is 170 g/mol. The van der Waals surface area contributed by atoms with E-state index >= 15 is 0 Å². The third-order valence-electron chi connectivity index (χ3n) is 2.45. The van der Waals surface area contributed by atoms with Crippen LogP contribution in [0.15, 0.2) is 0 Å². The van der Waals surface area contributed by atoms with Crippen molar-refractivity contribution in [3.63, 3.8) is 0 Å². The summed E-state index contributed by atoms with van der Waals surface area (Å²) >= 11 is 0. The normalized spacial score (nSPS) is 27.2. The molecule has 1 saturated carbocycles. The molecule has 0 amide bonds. The maximum Gasteiger partial charge on any atom is 0.0339 e. The highest BCUT2D eigenvalue weighted by Crippen LogP contribution is 2.31. The van der Waals surface area contributed by atoms with Gasteiger partial charge in [0.15, 0.2) is 0 Å². The minimum Gasteiger partial charge on any atom is -0.315 e. The first kappa shape index (κ1) is 9.89. The van der Waals surface area contributed by atoms with Crippen LogP contribution in [0.3, 0.4) is 0 Å². The van der Waals surface area contributed by atoms with Gasteiger partial charge in [-0.15, -0.1) is 18.3 Å². The highest BCUT2D eigenvalue weighted by Gasteiger charge is 2.19. The Balaban J connectivity index is 0.000000720. The molecule has 2 rings (SSSR count). The van der Waals surface area contributed by atoms with Gasteiger partial charge >= 0.3 is 0 Å². The van der Waals surface area contributed by atoms with E-state index in [1.807, 2.05) is 0 Å². The van der Waals surface area contributed by atoms with Gasteiger partial charge in [-0.1, -0.05) is 5.92 Å². The summed E-state index contributed by atoms with van der Waals surface area (Å²) < 4.78 is 0. The van der Waals surface area contributed by atoms with E-state index in [0.717, 1.165) is 18.9 Å². The van der Waals surface area contributed by atoms with Crippen LogP contribution in [0.1, 0.15) is 25.7 Å². The van der Waals surface area contributed by atoms with Gasteiger partial charge in [-0.25, -0.2) is 0 Å². The van der Waals surface area contributed by atoms with Crippen LogP contribution in [-0.4, -0.2) is 13.1 Å². The topological polar surface area (TPSA) is 12.0 Å². The predicted molar refractivity (Wildman–Crippen MR) is 53.3 cm³/mol. The van der Waals surface area contributed by atoms with Crippen molar-refractivity contribution in [1.82, 2.24) is 5.32 Å². The maximum absolute atomic E-state index is 3.34. The van der Waals surface area contributed by atoms with Crippen LogP contribution in [0, 0.1) is 23.7 Å². The third kappa shape index (κ3) is 3.05. The molecule has 2 heteroatoms. The third-order valence-corrected chi connectivity index (χ3v) is 2.45. The highest BCUT2D eigenvalue weighted by atomic mass is 35.5. The number of hydrogen-bond acceptors (Lipinski definition) is 1. The van der Waals surface area contributed by atoms with E-state index in [9.17, 15) is 0 Å². The summed E-state index contributed by atoms with van der Waals surface area (Å²) in [5.74, 6) is 8.27. The Morgan fingerprint density at radius 3 is 2.67 bits per heavy atom. The zero-order valence-corrected chi connectivity index (χ0v) is 8.12. The molecule has 12 heavy (non-hydrogen) atoms. The molecule has 1 aliphatic carbocycles. The molecule has 1 N–H and O–H groups in total. The molecule has 1 heterocycles. The van der Waals surface area contributed by atoms with Crippen LogP contribution >= 0.6 is 12.4 Å². The standard InChI is InChI=1S/C10H15N.ClH/c1(2-9-4-5-9)3-10-6-7-11-8-10;/h9-11H,2,4-8H2;1H. The van der Waals surface area contributed by atoms with E-state index in [0.29, 0.717) is 5.92 Å². The maximum atomic E-state index is 3.34. The quantitative estimate of drug-likeness (QED) is 0.615. The van der Waals surface area contributed by atoms with Crippen LogP contribution in [0.4, 0.5) is 0 Å². The van der Waals surface area contributed by atoms with E-state index in [2.05, 4.69) is 17.2 Å². The predicted octanol–water partition coefficient (Wildman–Crippen LogP) is 1.82. The molecule has 0 spiro atoms. The smallest absolute Gasteiger partial charge is 0.0339 e. The molecule has 1 saturated heterocycles. The van der Waals surface area contributed by atoms with Crippen molar-refractivity contribution < 1.29 is 0 Å². The van der Waals surface area contributed by atoms with Crippen molar-refractivity contribution in [2.24, 2.45) is 11.8 Å². The minimum absolute atomic E-state index is 0. The van der Waals surface area contributed by atoms with E-state index in [1.165, 1.54) is 25.8 Å². The van der Waals surface area contributed by atoms with Gasteiger partial charge in [0.2, 0.25) is 0 Å². The molecule has 1 unspecified atom stereocenters. The van der Waals surface area contributed by atoms with Gasteiger partial charge in [0.05, 0.1) is 0 Å². The first-order valence-electron chi connectivity index (χ1n) is 4.64. The van der Waals surface area contributed by atoms with Crippen molar-refractivity contribution in [3.05, 3.63) is 0 Å². The Labute approximate surface area is 80.7 Å². The van der Waals surface area contributed by atoms with Gasteiger partial charge in [0.25, 0.3) is 0 Å². The first-order valence-corrected chi connectivity index (χ1v) is 4.64. The van der Waals surface area contributed by atoms with Crippen LogP contribution in [0.2, 0.25) is 0 Å². The van der Waals surface area contributed by atoms with Gasteiger partial charge in [-0.3, -0.25) is 0 Å². The van der Waals surface area contributed by atoms with Gasteiger partial charge < -0.3 is 5.32 Å². The summed E-state index contributed by atoms with van der Waals surface area (Å²) in [4.78, 5) is 0. The summed E-state index contributed by atoms with van der Waals surface area (Å²) in [6, 6.07) is 0. The fourth-order valence-electron chi connectivity index (χ4n) is 1.45. The van der Waals surface area contributed by atoms with Crippen molar-refractivity contribution in [2.45, 2.75) is 25.7 Å². The molecule has 1 aliphatic heterocycles. The summed E-state index contributed by atoms with van der Waals surface area (Å²) in [5, 5.41) is 3.32. The van der Waals surface area contributed by atoms with Gasteiger partial charge in [0.1, 0.15) is 0 Å². The second-order valence-corrected chi connectivity index (χ2v) is 3.66. The lowest BCUT2D eigenvalue weighted by atomic mass is 10.1. The molecule has 1 atom stereocenters. The SMILES string of the molecule is C(#CC1CCNC1)CC1CC1.Cl. The number of hydrogen-bond donors (Lipinski definition) is 1. The van der Waals surface area contributed by atoms with Crippen molar-refractivity contribution in [1.29, 1.82) is 0 Å². The van der Waals surface area contributed by atoms with E-state index in [1.54, 1.807) is 0 Å². The van der Waals surface area contributed by atoms with Crippen LogP contribution in [-0.2, 0) is 0 Å². The zero-order valence-electron chi connectivity index (χ0n) is 7.31. The molecular formula is C10H16ClN. The molecule has 68 valence electrons. The molecule has 0 aromatic carbocycles. The monoisotopic (exact) mass is 185 g/mol. The summed E-state index contributed by atoms with van der Waals surface area (Å²) in [7, 11) is 0. The van der Waals surface area contributed by atoms with Crippen molar-refractivity contribution in [2.75, 3.05) is 13.1 Å². The van der Waals surface area contributed by atoms with Gasteiger partial charge in [0, 0.05) is 18.9 Å². The number of rotatable bonds is 1. The molecule has 0 aromatic rings. The first-order chi connectivity index (χ1) is 5.45. The molecule has 2 fully saturated rings. The average molecular weight is 186 g/mol. The van der Waals surface area contributed by atoms with E-state index in [-0.39, 0.29) is 12.4 Å². The molecule has 0 aromatic heterocycles. The number of halogens is 1. The lowest BCUT2D eigenvalue weighted by molar-refractivity contribution is 0.751. The molecule has 1 nitrogen and oxygen atoms in total. The number of nitrogens with one attached hydrogen (secondary N) is 1. The van der Waals surface area contributed by atoms with E-state index < -0.39 is 0 Å². The Bertz CT molecular complexity index is 182. The molecule has 2 aliphatic rings. The Morgan fingerprint density at radius 2 is 2.08 bits per heavy atom. The van der Waals surface area contributed by atoms with Crippen LogP contribution < -0.4 is 5.32 Å². The van der Waals surface area contributed by atoms with Crippen molar-refractivity contribution >= 4 is 12.4 Å². The largest absolute Gasteiger partial charge is 0.315 e. The van der Waals surface area contributed by atoms with E-state index in [4.69, 9.17) is 0 Å². The Morgan fingerprint density at radius 1 is 1.25 bits per heavy atom. The second-order valence-electron chi connectivity index (χ2n) is 3.66. The van der Waals surface area contributed by atoms with Gasteiger partial charge in [-0.2, -0.15) is 0 Å². The summed E-state index contributed by atoms with van der Waals surface area (Å²) in [5.41, 5.74) is 0. The van der Waals surface area contributed by atoms with Gasteiger partial charge in [-0.05, 0) is 31.7 Å². The summed E-state index contributed by atoms with van der Waals surface area (Å²) in [6.45, 7) is 2.29. The molecule has 0 bridgehead atoms. The van der Waals surface area contributed by atoms with Crippen LogP contribution in [0.5, 0.6) is 0 Å². The minimum atomic E-state index is 0.